The molecule has 0 unspecified atom stereocenters. The van der Waals surface area contributed by atoms with Gasteiger partial charge in [-0.3, -0.25) is 0 Å². The number of fused-ring (bicyclic) bond motifs is 4. The average molecular weight is 585 g/mol. The first kappa shape index (κ1) is 26.7. The first-order valence-electron chi connectivity index (χ1n) is 13.1. The van der Waals surface area contributed by atoms with E-state index in [-0.39, 0.29) is 26.4 Å². The summed E-state index contributed by atoms with van der Waals surface area (Å²) in [6, 6.07) is 30.7. The summed E-state index contributed by atoms with van der Waals surface area (Å²) < 4.78 is 25.9. The Balaban J connectivity index is 1.42. The summed E-state index contributed by atoms with van der Waals surface area (Å²) in [5, 5.41) is 13.8. The molecule has 208 valence electrons. The maximum Gasteiger partial charge on any atom is 0.175 e. The van der Waals surface area contributed by atoms with Crippen LogP contribution < -0.4 is 40.2 Å². The molecule has 41 heavy (non-hydrogen) atoms. The lowest BCUT2D eigenvalue weighted by Crippen LogP contribution is -2.46. The van der Waals surface area contributed by atoms with Crippen LogP contribution in [0.1, 0.15) is 0 Å². The number of ether oxygens (including phenoxy) is 4. The first-order valence-corrected chi connectivity index (χ1v) is 13.9. The number of anilines is 4. The molecule has 0 aromatic heterocycles. The van der Waals surface area contributed by atoms with Crippen LogP contribution in [-0.2, 0) is 0 Å². The van der Waals surface area contributed by atoms with E-state index in [1.165, 1.54) is 0 Å². The molecule has 0 saturated heterocycles. The molecular formula is C31H28N4O4S2. The summed E-state index contributed by atoms with van der Waals surface area (Å²) in [7, 11) is 0. The Labute approximate surface area is 249 Å². The minimum atomic E-state index is -0.750. The van der Waals surface area contributed by atoms with Crippen LogP contribution in [0.4, 0.5) is 22.7 Å². The van der Waals surface area contributed by atoms with E-state index in [2.05, 4.69) is 21.3 Å². The molecule has 0 aliphatic carbocycles. The van der Waals surface area contributed by atoms with Crippen molar-refractivity contribution in [3.63, 3.8) is 0 Å². The van der Waals surface area contributed by atoms with E-state index in [1.807, 2.05) is 97.1 Å². The van der Waals surface area contributed by atoms with Crippen LogP contribution >= 0.6 is 24.4 Å². The molecule has 4 aromatic carbocycles. The fraction of sp³-hybridized carbons (Fsp3) is 0.161. The van der Waals surface area contributed by atoms with E-state index in [1.54, 1.807) is 0 Å². The molecule has 0 saturated carbocycles. The molecule has 10 heteroatoms. The lowest BCUT2D eigenvalue weighted by atomic mass is 9.91. The Morgan fingerprint density at radius 1 is 0.415 bits per heavy atom. The summed E-state index contributed by atoms with van der Waals surface area (Å²) in [6.07, 6.45) is 0. The number of benzene rings is 4. The molecule has 0 bridgehead atoms. The quantitative estimate of drug-likeness (QED) is 0.171. The third kappa shape index (κ3) is 6.29. The van der Waals surface area contributed by atoms with Crippen molar-refractivity contribution in [3.05, 3.63) is 97.1 Å². The molecule has 4 aromatic rings. The molecule has 0 radical (unpaired) electrons. The van der Waals surface area contributed by atoms with Crippen LogP contribution in [0.5, 0.6) is 23.0 Å². The number of thiocarbonyl (C=S) groups is 2. The lowest BCUT2D eigenvalue weighted by Gasteiger charge is -2.34. The van der Waals surface area contributed by atoms with Gasteiger partial charge in [0, 0.05) is 0 Å². The average Bonchev–Trinajstić information content (AvgIpc) is 2.98. The second-order valence-electron chi connectivity index (χ2n) is 9.80. The van der Waals surface area contributed by atoms with E-state index in [0.29, 0.717) is 33.2 Å². The minimum absolute atomic E-state index is 0.234. The van der Waals surface area contributed by atoms with Crippen LogP contribution in [-0.4, -0.2) is 36.7 Å². The Morgan fingerprint density at radius 3 is 0.927 bits per heavy atom. The summed E-state index contributed by atoms with van der Waals surface area (Å²) in [4.78, 5) is 0. The van der Waals surface area contributed by atoms with E-state index in [0.717, 1.165) is 22.7 Å². The fourth-order valence-electron chi connectivity index (χ4n) is 4.51. The fourth-order valence-corrected chi connectivity index (χ4v) is 4.95. The summed E-state index contributed by atoms with van der Waals surface area (Å²) in [5.41, 5.74) is 2.22. The van der Waals surface area contributed by atoms with Gasteiger partial charge in [-0.25, -0.2) is 0 Å². The van der Waals surface area contributed by atoms with E-state index < -0.39 is 5.41 Å². The number of para-hydroxylation sites is 8. The van der Waals surface area contributed by atoms with E-state index >= 15 is 0 Å². The highest BCUT2D eigenvalue weighted by atomic mass is 32.1. The van der Waals surface area contributed by atoms with Crippen molar-refractivity contribution in [2.75, 3.05) is 47.7 Å². The van der Waals surface area contributed by atoms with Crippen molar-refractivity contribution in [1.29, 1.82) is 0 Å². The molecule has 0 fully saturated rings. The molecule has 1 spiro atoms. The monoisotopic (exact) mass is 584 g/mol. The predicted octanol–water partition coefficient (Wildman–Crippen LogP) is 6.53. The van der Waals surface area contributed by atoms with E-state index in [4.69, 9.17) is 43.4 Å². The Bertz CT molecular complexity index is 1350. The molecule has 0 atom stereocenters. The molecule has 2 heterocycles. The zero-order valence-electron chi connectivity index (χ0n) is 22.0. The molecule has 0 amide bonds. The topological polar surface area (TPSA) is 85.0 Å². The molecule has 8 nitrogen and oxygen atoms in total. The zero-order chi connectivity index (χ0) is 28.1. The number of hydrogen-bond donors (Lipinski definition) is 4. The van der Waals surface area contributed by atoms with Gasteiger partial charge in [0.15, 0.2) is 10.2 Å². The molecular weight excluding hydrogens is 556 g/mol. The van der Waals surface area contributed by atoms with Gasteiger partial charge in [-0.15, -0.1) is 0 Å². The van der Waals surface area contributed by atoms with Crippen molar-refractivity contribution in [2.24, 2.45) is 5.41 Å². The van der Waals surface area contributed by atoms with Crippen molar-refractivity contribution >= 4 is 57.4 Å². The first-order chi connectivity index (χ1) is 20.1. The van der Waals surface area contributed by atoms with Crippen LogP contribution in [0.3, 0.4) is 0 Å². The van der Waals surface area contributed by atoms with Gasteiger partial charge in [0.05, 0.1) is 22.7 Å². The van der Waals surface area contributed by atoms with E-state index in [9.17, 15) is 0 Å². The highest BCUT2D eigenvalue weighted by molar-refractivity contribution is 7.81. The van der Waals surface area contributed by atoms with Crippen LogP contribution in [0.15, 0.2) is 97.1 Å². The zero-order valence-corrected chi connectivity index (χ0v) is 23.6. The molecule has 4 N–H and O–H groups in total. The van der Waals surface area contributed by atoms with Gasteiger partial charge in [-0.2, -0.15) is 0 Å². The largest absolute Gasteiger partial charge is 0.490 e. The van der Waals surface area contributed by atoms with Crippen molar-refractivity contribution in [1.82, 2.24) is 0 Å². The smallest absolute Gasteiger partial charge is 0.175 e. The highest BCUT2D eigenvalue weighted by Gasteiger charge is 2.37. The predicted molar refractivity (Wildman–Crippen MR) is 170 cm³/mol. The van der Waals surface area contributed by atoms with Gasteiger partial charge in [-0.1, -0.05) is 48.5 Å². The number of hydrogen-bond acceptors (Lipinski definition) is 6. The van der Waals surface area contributed by atoms with Gasteiger partial charge in [-0.05, 0) is 73.0 Å². The minimum Gasteiger partial charge on any atom is -0.490 e. The van der Waals surface area contributed by atoms with Gasteiger partial charge >= 0.3 is 0 Å². The third-order valence-electron chi connectivity index (χ3n) is 6.68. The van der Waals surface area contributed by atoms with Gasteiger partial charge in [0.25, 0.3) is 0 Å². The van der Waals surface area contributed by atoms with Crippen molar-refractivity contribution in [2.45, 2.75) is 0 Å². The number of nitrogens with one attached hydrogen (secondary N) is 4. The summed E-state index contributed by atoms with van der Waals surface area (Å²) >= 11 is 11.2. The van der Waals surface area contributed by atoms with Gasteiger partial charge < -0.3 is 40.2 Å². The normalized spacial score (nSPS) is 16.3. The maximum atomic E-state index is 6.47. The Hall–Kier alpha value is -4.54. The SMILES string of the molecule is S=C1Nc2ccccc2OCC2(COc3ccccc3N1)COc1ccccc1NC(=S)Nc1ccccc1OC2. The maximum absolute atomic E-state index is 6.47. The highest BCUT2D eigenvalue weighted by Crippen LogP contribution is 2.35. The number of rotatable bonds is 0. The van der Waals surface area contributed by atoms with Crippen LogP contribution in [0.25, 0.3) is 0 Å². The second-order valence-corrected chi connectivity index (χ2v) is 10.6. The summed E-state index contributed by atoms with van der Waals surface area (Å²) in [5.74, 6) is 2.58. The van der Waals surface area contributed by atoms with Gasteiger partial charge in [0.1, 0.15) is 54.8 Å². The van der Waals surface area contributed by atoms with Crippen molar-refractivity contribution in [3.8, 4) is 23.0 Å². The molecule has 2 aliphatic rings. The standard InChI is InChI=1S/C31H28N4O4S2/c40-29-32-21-9-1-5-13-25(21)36-17-31(18-37-26-14-6-2-10-22(26)33-29)19-38-27-15-7-3-11-23(27)34-30(41)35-24-12-4-8-16-28(24)39-20-31/h1-16H,17-20H2,(H2,32,33,40)(H2,34,35,41). The molecule has 6 rings (SSSR count). The lowest BCUT2D eigenvalue weighted by molar-refractivity contribution is -0.00283. The Kier molecular flexibility index (Phi) is 7.75. The second kappa shape index (κ2) is 11.9. The van der Waals surface area contributed by atoms with Gasteiger partial charge in [0.2, 0.25) is 0 Å². The Morgan fingerprint density at radius 2 is 0.659 bits per heavy atom. The molecule has 2 aliphatic heterocycles. The summed E-state index contributed by atoms with van der Waals surface area (Å²) in [6.45, 7) is 0.935. The van der Waals surface area contributed by atoms with Crippen molar-refractivity contribution < 1.29 is 18.9 Å². The third-order valence-corrected chi connectivity index (χ3v) is 7.08. The van der Waals surface area contributed by atoms with Crippen LogP contribution in [0.2, 0.25) is 0 Å². The van der Waals surface area contributed by atoms with Crippen LogP contribution in [0, 0.1) is 5.41 Å².